The van der Waals surface area contributed by atoms with E-state index in [4.69, 9.17) is 14.2 Å². The van der Waals surface area contributed by atoms with Crippen LogP contribution in [0, 0.1) is 0 Å². The average Bonchev–Trinajstić information content (AvgIpc) is 3.14. The van der Waals surface area contributed by atoms with Gasteiger partial charge in [0.25, 0.3) is 0 Å². The second-order valence-electron chi connectivity index (χ2n) is 6.03. The van der Waals surface area contributed by atoms with E-state index in [-0.39, 0.29) is 0 Å². The first-order valence-electron chi connectivity index (χ1n) is 9.16. The number of ether oxygens (including phenoxy) is 3. The third-order valence-electron chi connectivity index (χ3n) is 4.02. The van der Waals surface area contributed by atoms with Crippen molar-refractivity contribution in [2.45, 2.75) is 6.42 Å². The number of nitrogens with one attached hydrogen (secondary N) is 2. The molecule has 0 atom stereocenters. The van der Waals surface area contributed by atoms with Crippen molar-refractivity contribution >= 4 is 16.7 Å². The molecule has 0 fully saturated rings. The summed E-state index contributed by atoms with van der Waals surface area (Å²) in [6.07, 6.45) is 4.21. The zero-order valence-electron chi connectivity index (χ0n) is 16.0. The highest BCUT2D eigenvalue weighted by atomic mass is 16.5. The minimum Gasteiger partial charge on any atom is -0.491 e. The average molecular weight is 383 g/mol. The summed E-state index contributed by atoms with van der Waals surface area (Å²) in [5.74, 6) is 1.48. The highest BCUT2D eigenvalue weighted by Gasteiger charge is 2.11. The first-order valence-corrected chi connectivity index (χ1v) is 9.16. The lowest BCUT2D eigenvalue weighted by molar-refractivity contribution is 0.146. The highest BCUT2D eigenvalue weighted by Crippen LogP contribution is 2.28. The Labute approximate surface area is 163 Å². The number of aromatic nitrogens is 4. The van der Waals surface area contributed by atoms with Gasteiger partial charge < -0.3 is 19.5 Å². The molecule has 0 aliphatic heterocycles. The van der Waals surface area contributed by atoms with Crippen molar-refractivity contribution in [2.24, 2.45) is 0 Å². The fourth-order valence-corrected chi connectivity index (χ4v) is 2.62. The standard InChI is InChI=1S/C20H25N5O3/c1-3-4-8-27-9-7-21-19-13-18(22-14-23-19)20-16-12-15(28-11-10-26-2)5-6-17(16)24-25-20/h3,5-6,12-14H,1,4,7-11H2,2H3,(H,24,25)(H,21,22,23). The van der Waals surface area contributed by atoms with Gasteiger partial charge in [-0.2, -0.15) is 5.10 Å². The summed E-state index contributed by atoms with van der Waals surface area (Å²) in [5.41, 5.74) is 2.39. The molecule has 0 bridgehead atoms. The van der Waals surface area contributed by atoms with Gasteiger partial charge in [0.05, 0.1) is 31.0 Å². The summed E-state index contributed by atoms with van der Waals surface area (Å²) in [6.45, 7) is 6.63. The Morgan fingerprint density at radius 1 is 1.14 bits per heavy atom. The number of aromatic amines is 1. The molecule has 148 valence electrons. The lowest BCUT2D eigenvalue weighted by atomic mass is 10.1. The number of benzene rings is 1. The molecule has 28 heavy (non-hydrogen) atoms. The quantitative estimate of drug-likeness (QED) is 0.367. The van der Waals surface area contributed by atoms with Gasteiger partial charge in [-0.3, -0.25) is 5.10 Å². The number of anilines is 1. The van der Waals surface area contributed by atoms with E-state index in [1.807, 2.05) is 30.3 Å². The summed E-state index contributed by atoms with van der Waals surface area (Å²) in [6, 6.07) is 7.67. The summed E-state index contributed by atoms with van der Waals surface area (Å²) in [5, 5.41) is 11.6. The van der Waals surface area contributed by atoms with Crippen LogP contribution in [0.25, 0.3) is 22.3 Å². The van der Waals surface area contributed by atoms with Crippen molar-refractivity contribution in [3.8, 4) is 17.1 Å². The molecule has 0 aliphatic rings. The maximum absolute atomic E-state index is 5.70. The SMILES string of the molecule is C=CCCOCCNc1cc(-c2n[nH]c3ccc(OCCOC)cc23)ncn1. The molecule has 2 heterocycles. The first-order chi connectivity index (χ1) is 13.8. The Hall–Kier alpha value is -2.97. The molecule has 8 nitrogen and oxygen atoms in total. The predicted molar refractivity (Wildman–Crippen MR) is 109 cm³/mol. The molecule has 0 aliphatic carbocycles. The minimum atomic E-state index is 0.492. The normalized spacial score (nSPS) is 10.9. The monoisotopic (exact) mass is 383 g/mol. The van der Waals surface area contributed by atoms with E-state index in [9.17, 15) is 0 Å². The van der Waals surface area contributed by atoms with E-state index in [1.165, 1.54) is 6.33 Å². The molecule has 1 aromatic carbocycles. The third-order valence-corrected chi connectivity index (χ3v) is 4.02. The van der Waals surface area contributed by atoms with Gasteiger partial charge >= 0.3 is 0 Å². The molecular weight excluding hydrogens is 358 g/mol. The molecule has 2 aromatic heterocycles. The van der Waals surface area contributed by atoms with Crippen LogP contribution in [0.1, 0.15) is 6.42 Å². The van der Waals surface area contributed by atoms with Crippen LogP contribution in [-0.4, -0.2) is 60.2 Å². The molecule has 0 radical (unpaired) electrons. The number of rotatable bonds is 12. The van der Waals surface area contributed by atoms with E-state index in [2.05, 4.69) is 32.1 Å². The van der Waals surface area contributed by atoms with Gasteiger partial charge in [0.15, 0.2) is 0 Å². The fourth-order valence-electron chi connectivity index (χ4n) is 2.62. The van der Waals surface area contributed by atoms with Crippen LogP contribution >= 0.6 is 0 Å². The number of fused-ring (bicyclic) bond motifs is 1. The highest BCUT2D eigenvalue weighted by molar-refractivity contribution is 5.93. The van der Waals surface area contributed by atoms with Gasteiger partial charge in [-0.05, 0) is 24.6 Å². The van der Waals surface area contributed by atoms with Gasteiger partial charge in [-0.15, -0.1) is 6.58 Å². The first kappa shape index (κ1) is 19.8. The molecule has 2 N–H and O–H groups in total. The van der Waals surface area contributed by atoms with Crippen molar-refractivity contribution in [1.29, 1.82) is 0 Å². The molecule has 0 unspecified atom stereocenters. The Morgan fingerprint density at radius 2 is 2.07 bits per heavy atom. The molecule has 0 amide bonds. The van der Waals surface area contributed by atoms with E-state index >= 15 is 0 Å². The largest absolute Gasteiger partial charge is 0.491 e. The van der Waals surface area contributed by atoms with Crippen LogP contribution in [-0.2, 0) is 9.47 Å². The number of hydrogen-bond acceptors (Lipinski definition) is 7. The van der Waals surface area contributed by atoms with E-state index < -0.39 is 0 Å². The predicted octanol–water partition coefficient (Wildman–Crippen LogP) is 3.05. The van der Waals surface area contributed by atoms with Crippen molar-refractivity contribution in [1.82, 2.24) is 20.2 Å². The molecule has 3 aromatic rings. The van der Waals surface area contributed by atoms with Gasteiger partial charge in [0.2, 0.25) is 0 Å². The van der Waals surface area contributed by atoms with E-state index in [1.54, 1.807) is 7.11 Å². The second-order valence-corrected chi connectivity index (χ2v) is 6.03. The zero-order valence-corrected chi connectivity index (χ0v) is 16.0. The van der Waals surface area contributed by atoms with Crippen molar-refractivity contribution in [2.75, 3.05) is 45.4 Å². The molecule has 0 saturated heterocycles. The molecule has 0 spiro atoms. The summed E-state index contributed by atoms with van der Waals surface area (Å²) in [4.78, 5) is 8.63. The van der Waals surface area contributed by atoms with Gasteiger partial charge in [0.1, 0.15) is 30.2 Å². The van der Waals surface area contributed by atoms with Crippen molar-refractivity contribution in [3.63, 3.8) is 0 Å². The van der Waals surface area contributed by atoms with Gasteiger partial charge in [0, 0.05) is 25.1 Å². The smallest absolute Gasteiger partial charge is 0.130 e. The molecule has 0 saturated carbocycles. The Balaban J connectivity index is 1.69. The van der Waals surface area contributed by atoms with Crippen LogP contribution in [0.5, 0.6) is 5.75 Å². The number of H-pyrrole nitrogens is 1. The molecular formula is C20H25N5O3. The zero-order chi connectivity index (χ0) is 19.6. The van der Waals surface area contributed by atoms with Crippen molar-refractivity contribution < 1.29 is 14.2 Å². The lowest BCUT2D eigenvalue weighted by Gasteiger charge is -2.07. The number of hydrogen-bond donors (Lipinski definition) is 2. The Bertz CT molecular complexity index is 896. The van der Waals surface area contributed by atoms with E-state index in [0.29, 0.717) is 33.0 Å². The van der Waals surface area contributed by atoms with Gasteiger partial charge in [-0.1, -0.05) is 6.08 Å². The van der Waals surface area contributed by atoms with E-state index in [0.717, 1.165) is 40.3 Å². The lowest BCUT2D eigenvalue weighted by Crippen LogP contribution is -2.11. The van der Waals surface area contributed by atoms with Crippen molar-refractivity contribution in [3.05, 3.63) is 43.2 Å². The maximum atomic E-state index is 5.70. The minimum absolute atomic E-state index is 0.492. The summed E-state index contributed by atoms with van der Waals surface area (Å²) < 4.78 is 16.2. The maximum Gasteiger partial charge on any atom is 0.130 e. The Kier molecular flexibility index (Phi) is 7.34. The second kappa shape index (κ2) is 10.4. The number of methoxy groups -OCH3 is 1. The topological polar surface area (TPSA) is 94.2 Å². The van der Waals surface area contributed by atoms with Crippen LogP contribution < -0.4 is 10.1 Å². The van der Waals surface area contributed by atoms with Crippen LogP contribution in [0.2, 0.25) is 0 Å². The fraction of sp³-hybridized carbons (Fsp3) is 0.350. The number of nitrogens with zero attached hydrogens (tertiary/aromatic N) is 3. The Morgan fingerprint density at radius 3 is 2.93 bits per heavy atom. The third kappa shape index (κ3) is 5.28. The van der Waals surface area contributed by atoms with Crippen LogP contribution in [0.15, 0.2) is 43.2 Å². The molecule has 3 rings (SSSR count). The van der Waals surface area contributed by atoms with Crippen LogP contribution in [0.4, 0.5) is 5.82 Å². The van der Waals surface area contributed by atoms with Gasteiger partial charge in [-0.25, -0.2) is 9.97 Å². The summed E-state index contributed by atoms with van der Waals surface area (Å²) in [7, 11) is 1.65. The molecule has 8 heteroatoms. The van der Waals surface area contributed by atoms with Crippen LogP contribution in [0.3, 0.4) is 0 Å². The summed E-state index contributed by atoms with van der Waals surface area (Å²) >= 11 is 0.